The maximum absolute atomic E-state index is 13.8. The zero-order valence-corrected chi connectivity index (χ0v) is 14.2. The Balaban J connectivity index is 1.69. The van der Waals surface area contributed by atoms with E-state index in [-0.39, 0.29) is 17.9 Å². The Morgan fingerprint density at radius 3 is 2.60 bits per heavy atom. The lowest BCUT2D eigenvalue weighted by Gasteiger charge is -2.06. The fraction of sp³-hybridized carbons (Fsp3) is 0.111. The van der Waals surface area contributed by atoms with Crippen LogP contribution in [-0.2, 0) is 0 Å². The highest BCUT2D eigenvalue weighted by atomic mass is 32.1. The monoisotopic (exact) mass is 359 g/mol. The lowest BCUT2D eigenvalue weighted by molar-refractivity contribution is 0.302. The van der Waals surface area contributed by atoms with Crippen LogP contribution in [0.25, 0.3) is 11.3 Å². The molecule has 0 spiro atoms. The molecule has 0 bridgehead atoms. The highest BCUT2D eigenvalue weighted by Gasteiger charge is 2.11. The molecule has 1 N–H and O–H groups in total. The van der Waals surface area contributed by atoms with Crippen molar-refractivity contribution in [2.24, 2.45) is 5.10 Å². The van der Waals surface area contributed by atoms with Crippen LogP contribution in [0.15, 0.2) is 52.9 Å². The zero-order valence-electron chi connectivity index (χ0n) is 13.4. The molecular weight excluding hydrogens is 344 g/mol. The van der Waals surface area contributed by atoms with Crippen molar-refractivity contribution in [1.82, 2.24) is 4.98 Å². The van der Waals surface area contributed by atoms with Crippen LogP contribution >= 0.6 is 11.3 Å². The Kier molecular flexibility index (Phi) is 5.35. The normalized spacial score (nSPS) is 11.0. The molecule has 1 heterocycles. The van der Waals surface area contributed by atoms with Crippen LogP contribution < -0.4 is 10.2 Å². The first kappa shape index (κ1) is 17.0. The summed E-state index contributed by atoms with van der Waals surface area (Å²) in [6.45, 7) is 1.85. The van der Waals surface area contributed by atoms with E-state index in [1.54, 1.807) is 6.92 Å². The Bertz CT molecular complexity index is 858. The average Bonchev–Trinajstić information content (AvgIpc) is 3.08. The van der Waals surface area contributed by atoms with Crippen LogP contribution in [0.4, 0.5) is 13.9 Å². The number of anilines is 1. The standard InChI is InChI=1S/C18H15F2N3OS/c1-2-24-17-14(19)8-12(9-15(17)20)10-21-23-18-22-16(11-25-18)13-6-4-3-5-7-13/h3-11H,2H2,1H3,(H,22,23). The maximum Gasteiger partial charge on any atom is 0.203 e. The van der Waals surface area contributed by atoms with Crippen LogP contribution in [0.5, 0.6) is 5.75 Å². The quantitative estimate of drug-likeness (QED) is 0.501. The van der Waals surface area contributed by atoms with Gasteiger partial charge in [0.1, 0.15) is 0 Å². The predicted octanol–water partition coefficient (Wildman–Crippen LogP) is 4.93. The summed E-state index contributed by atoms with van der Waals surface area (Å²) in [5.74, 6) is -1.90. The summed E-state index contributed by atoms with van der Waals surface area (Å²) in [5, 5.41) is 6.47. The number of hydrogen-bond donors (Lipinski definition) is 1. The molecule has 3 rings (SSSR count). The van der Waals surface area contributed by atoms with Crippen LogP contribution in [-0.4, -0.2) is 17.8 Å². The maximum atomic E-state index is 13.8. The minimum atomic E-state index is -0.760. The van der Waals surface area contributed by atoms with Gasteiger partial charge in [-0.1, -0.05) is 30.3 Å². The third-order valence-corrected chi connectivity index (χ3v) is 4.00. The van der Waals surface area contributed by atoms with Gasteiger partial charge in [-0.25, -0.2) is 13.8 Å². The predicted molar refractivity (Wildman–Crippen MR) is 96.3 cm³/mol. The van der Waals surface area contributed by atoms with Crippen LogP contribution in [0.1, 0.15) is 12.5 Å². The van der Waals surface area contributed by atoms with Crippen LogP contribution in [0.2, 0.25) is 0 Å². The van der Waals surface area contributed by atoms with Gasteiger partial charge in [0.25, 0.3) is 0 Å². The molecule has 4 nitrogen and oxygen atoms in total. The number of thiazole rings is 1. The summed E-state index contributed by atoms with van der Waals surface area (Å²) in [6.07, 6.45) is 1.32. The molecule has 25 heavy (non-hydrogen) atoms. The summed E-state index contributed by atoms with van der Waals surface area (Å²) < 4.78 is 32.5. The van der Waals surface area contributed by atoms with Gasteiger partial charge in [0.15, 0.2) is 17.4 Å². The van der Waals surface area contributed by atoms with Crippen molar-refractivity contribution in [3.05, 3.63) is 65.0 Å². The van der Waals surface area contributed by atoms with Crippen molar-refractivity contribution in [3.8, 4) is 17.0 Å². The average molecular weight is 359 g/mol. The summed E-state index contributed by atoms with van der Waals surface area (Å²) in [7, 11) is 0. The zero-order chi connectivity index (χ0) is 17.6. The molecule has 0 unspecified atom stereocenters. The number of nitrogens with zero attached hydrogens (tertiary/aromatic N) is 2. The first-order chi connectivity index (χ1) is 12.2. The number of rotatable bonds is 6. The largest absolute Gasteiger partial charge is 0.488 e. The minimum absolute atomic E-state index is 0.191. The fourth-order valence-electron chi connectivity index (χ4n) is 2.16. The van der Waals surface area contributed by atoms with E-state index in [2.05, 4.69) is 15.5 Å². The van der Waals surface area contributed by atoms with Gasteiger partial charge in [-0.3, -0.25) is 5.43 Å². The second-order valence-corrected chi connectivity index (χ2v) is 5.88. The number of nitrogens with one attached hydrogen (secondary N) is 1. The molecule has 128 valence electrons. The molecule has 0 aliphatic rings. The first-order valence-corrected chi connectivity index (χ1v) is 8.47. The molecule has 0 atom stereocenters. The molecule has 7 heteroatoms. The molecule has 0 aliphatic heterocycles. The number of hydrogen-bond acceptors (Lipinski definition) is 5. The summed E-state index contributed by atoms with van der Waals surface area (Å²) >= 11 is 1.39. The lowest BCUT2D eigenvalue weighted by Crippen LogP contribution is -2.00. The van der Waals surface area contributed by atoms with E-state index in [1.165, 1.54) is 17.6 Å². The third kappa shape index (κ3) is 4.19. The first-order valence-electron chi connectivity index (χ1n) is 7.59. The molecule has 2 aromatic carbocycles. The summed E-state index contributed by atoms with van der Waals surface area (Å²) in [5.41, 5.74) is 4.89. The van der Waals surface area contributed by atoms with Crippen LogP contribution in [0.3, 0.4) is 0 Å². The molecule has 0 radical (unpaired) electrons. The Labute approximate surface area is 147 Å². The van der Waals surface area contributed by atoms with Gasteiger partial charge in [-0.2, -0.15) is 5.10 Å². The van der Waals surface area contributed by atoms with Gasteiger partial charge in [0, 0.05) is 16.5 Å². The molecular formula is C18H15F2N3OS. The lowest BCUT2D eigenvalue weighted by atomic mass is 10.2. The number of aromatic nitrogens is 1. The van der Waals surface area contributed by atoms with Crippen molar-refractivity contribution in [2.75, 3.05) is 12.0 Å². The van der Waals surface area contributed by atoms with Crippen molar-refractivity contribution in [2.45, 2.75) is 6.92 Å². The molecule has 0 amide bonds. The topological polar surface area (TPSA) is 46.5 Å². The van der Waals surface area contributed by atoms with Gasteiger partial charge >= 0.3 is 0 Å². The molecule has 0 fully saturated rings. The summed E-state index contributed by atoms with van der Waals surface area (Å²) in [4.78, 5) is 4.41. The van der Waals surface area contributed by atoms with Gasteiger partial charge < -0.3 is 4.74 Å². The molecule has 0 saturated heterocycles. The number of hydrazone groups is 1. The molecule has 0 aliphatic carbocycles. The van der Waals surface area contributed by atoms with E-state index in [9.17, 15) is 8.78 Å². The fourth-order valence-corrected chi connectivity index (χ4v) is 2.83. The van der Waals surface area contributed by atoms with E-state index in [1.807, 2.05) is 35.7 Å². The number of ether oxygens (including phenoxy) is 1. The van der Waals surface area contributed by atoms with E-state index in [4.69, 9.17) is 4.74 Å². The van der Waals surface area contributed by atoms with Crippen LogP contribution in [0, 0.1) is 11.6 Å². The Morgan fingerprint density at radius 2 is 1.92 bits per heavy atom. The van der Waals surface area contributed by atoms with Gasteiger partial charge in [0.05, 0.1) is 18.5 Å². The highest BCUT2D eigenvalue weighted by molar-refractivity contribution is 7.14. The number of benzene rings is 2. The van der Waals surface area contributed by atoms with E-state index in [0.29, 0.717) is 5.13 Å². The molecule has 0 saturated carbocycles. The van der Waals surface area contributed by atoms with E-state index in [0.717, 1.165) is 23.4 Å². The molecule has 3 aromatic rings. The SMILES string of the molecule is CCOc1c(F)cc(C=NNc2nc(-c3ccccc3)cs2)cc1F. The van der Waals surface area contributed by atoms with E-state index < -0.39 is 11.6 Å². The Morgan fingerprint density at radius 1 is 1.20 bits per heavy atom. The third-order valence-electron chi connectivity index (χ3n) is 3.26. The van der Waals surface area contributed by atoms with Crippen molar-refractivity contribution in [1.29, 1.82) is 0 Å². The summed E-state index contributed by atoms with van der Waals surface area (Å²) in [6, 6.07) is 12.1. The van der Waals surface area contributed by atoms with Crippen molar-refractivity contribution >= 4 is 22.7 Å². The van der Waals surface area contributed by atoms with E-state index >= 15 is 0 Å². The van der Waals surface area contributed by atoms with Gasteiger partial charge in [0.2, 0.25) is 5.13 Å². The minimum Gasteiger partial charge on any atom is -0.488 e. The van der Waals surface area contributed by atoms with Crippen molar-refractivity contribution < 1.29 is 13.5 Å². The number of halogens is 2. The second kappa shape index (κ2) is 7.85. The second-order valence-electron chi connectivity index (χ2n) is 5.02. The van der Waals surface area contributed by atoms with Crippen molar-refractivity contribution in [3.63, 3.8) is 0 Å². The molecule has 1 aromatic heterocycles. The van der Waals surface area contributed by atoms with Gasteiger partial charge in [-0.15, -0.1) is 11.3 Å². The highest BCUT2D eigenvalue weighted by Crippen LogP contribution is 2.25. The smallest absolute Gasteiger partial charge is 0.203 e. The Hall–Kier alpha value is -2.80. The van der Waals surface area contributed by atoms with Gasteiger partial charge in [-0.05, 0) is 19.1 Å².